The number of aryl methyl sites for hydroxylation is 1. The highest BCUT2D eigenvalue weighted by atomic mass is 79.9. The van der Waals surface area contributed by atoms with E-state index in [9.17, 15) is 4.79 Å². The summed E-state index contributed by atoms with van der Waals surface area (Å²) in [7, 11) is 0. The molecule has 98 valence electrons. The van der Waals surface area contributed by atoms with Crippen molar-refractivity contribution in [3.05, 3.63) is 33.8 Å². The maximum absolute atomic E-state index is 12.1. The Morgan fingerprint density at radius 3 is 2.89 bits per heavy atom. The van der Waals surface area contributed by atoms with Crippen LogP contribution in [0.4, 0.5) is 0 Å². The lowest BCUT2D eigenvalue weighted by Gasteiger charge is -2.19. The Balaban J connectivity index is 2.02. The number of rotatable bonds is 3. The summed E-state index contributed by atoms with van der Waals surface area (Å²) in [4.78, 5) is 12.1. The molecule has 0 saturated carbocycles. The number of benzene rings is 1. The Hall–Kier alpha value is -0.870. The van der Waals surface area contributed by atoms with Crippen LogP contribution >= 0.6 is 15.9 Å². The fourth-order valence-corrected chi connectivity index (χ4v) is 2.83. The molecule has 1 fully saturated rings. The Bertz CT molecular complexity index is 421. The molecule has 1 aromatic carbocycles. The first kappa shape index (κ1) is 13.6. The van der Waals surface area contributed by atoms with E-state index in [1.165, 1.54) is 0 Å². The fraction of sp³-hybridized carbons (Fsp3) is 0.500. The van der Waals surface area contributed by atoms with Gasteiger partial charge in [0, 0.05) is 28.6 Å². The summed E-state index contributed by atoms with van der Waals surface area (Å²) in [5.74, 6) is 0.418. The van der Waals surface area contributed by atoms with Crippen molar-refractivity contribution in [2.24, 2.45) is 5.92 Å². The van der Waals surface area contributed by atoms with Gasteiger partial charge in [0.2, 0.25) is 0 Å². The molecule has 1 N–H and O–H groups in total. The number of nitrogens with one attached hydrogen (secondary N) is 1. The molecular formula is C14H18BrNO2. The van der Waals surface area contributed by atoms with Gasteiger partial charge in [0.05, 0.1) is 6.61 Å². The van der Waals surface area contributed by atoms with Crippen molar-refractivity contribution >= 4 is 21.8 Å². The minimum atomic E-state index is -0.0150. The predicted octanol–water partition coefficient (Wildman–Crippen LogP) is 2.91. The molecule has 18 heavy (non-hydrogen) atoms. The molecule has 2 atom stereocenters. The average Bonchev–Trinajstić information content (AvgIpc) is 2.80. The summed E-state index contributed by atoms with van der Waals surface area (Å²) >= 11 is 3.41. The summed E-state index contributed by atoms with van der Waals surface area (Å²) < 4.78 is 6.28. The maximum Gasteiger partial charge on any atom is 0.251 e. The highest BCUT2D eigenvalue weighted by Gasteiger charge is 2.23. The van der Waals surface area contributed by atoms with Crippen LogP contribution in [0.3, 0.4) is 0 Å². The summed E-state index contributed by atoms with van der Waals surface area (Å²) in [5, 5.41) is 3.05. The Kier molecular flexibility index (Phi) is 4.40. The summed E-state index contributed by atoms with van der Waals surface area (Å²) in [6.07, 6.45) is 1.03. The van der Waals surface area contributed by atoms with Crippen LogP contribution in [0.15, 0.2) is 22.7 Å². The Morgan fingerprint density at radius 2 is 2.28 bits per heavy atom. The van der Waals surface area contributed by atoms with Crippen LogP contribution in [0.2, 0.25) is 0 Å². The standard InChI is InChI=1S/C14H18BrNO2/c1-9-5-12(7-13(15)6-9)14(17)16-10(2)11-3-4-18-8-11/h5-7,10-11H,3-4,8H2,1-2H3,(H,16,17). The van der Waals surface area contributed by atoms with Gasteiger partial charge >= 0.3 is 0 Å². The number of amides is 1. The largest absolute Gasteiger partial charge is 0.381 e. The third-order valence-electron chi connectivity index (χ3n) is 3.34. The van der Waals surface area contributed by atoms with Gasteiger partial charge in [-0.05, 0) is 44.0 Å². The first-order chi connectivity index (χ1) is 8.56. The van der Waals surface area contributed by atoms with Crippen molar-refractivity contribution in [3.8, 4) is 0 Å². The van der Waals surface area contributed by atoms with Gasteiger partial charge in [-0.15, -0.1) is 0 Å². The van der Waals surface area contributed by atoms with Gasteiger partial charge in [-0.25, -0.2) is 0 Å². The smallest absolute Gasteiger partial charge is 0.251 e. The van der Waals surface area contributed by atoms with Gasteiger partial charge < -0.3 is 10.1 Å². The number of halogens is 1. The highest BCUT2D eigenvalue weighted by molar-refractivity contribution is 9.10. The van der Waals surface area contributed by atoms with E-state index < -0.39 is 0 Å². The molecular weight excluding hydrogens is 294 g/mol. The molecule has 0 aliphatic carbocycles. The number of carbonyl (C=O) groups excluding carboxylic acids is 1. The van der Waals surface area contributed by atoms with E-state index in [0.717, 1.165) is 29.7 Å². The van der Waals surface area contributed by atoms with E-state index in [1.54, 1.807) is 0 Å². The van der Waals surface area contributed by atoms with Crippen molar-refractivity contribution in [1.82, 2.24) is 5.32 Å². The first-order valence-corrected chi connectivity index (χ1v) is 7.01. The third-order valence-corrected chi connectivity index (χ3v) is 3.79. The van der Waals surface area contributed by atoms with E-state index in [1.807, 2.05) is 32.0 Å². The lowest BCUT2D eigenvalue weighted by molar-refractivity contribution is 0.0922. The van der Waals surface area contributed by atoms with Crippen LogP contribution in [0.25, 0.3) is 0 Å². The van der Waals surface area contributed by atoms with Gasteiger partial charge in [-0.1, -0.05) is 15.9 Å². The zero-order chi connectivity index (χ0) is 13.1. The molecule has 0 bridgehead atoms. The number of ether oxygens (including phenoxy) is 1. The molecule has 1 aliphatic rings. The molecule has 3 nitrogen and oxygen atoms in total. The zero-order valence-corrected chi connectivity index (χ0v) is 12.3. The molecule has 1 aliphatic heterocycles. The van der Waals surface area contributed by atoms with Crippen LogP contribution in [0, 0.1) is 12.8 Å². The fourth-order valence-electron chi connectivity index (χ4n) is 2.22. The van der Waals surface area contributed by atoms with E-state index in [-0.39, 0.29) is 11.9 Å². The molecule has 0 radical (unpaired) electrons. The summed E-state index contributed by atoms with van der Waals surface area (Å²) in [6, 6.07) is 5.89. The van der Waals surface area contributed by atoms with Crippen molar-refractivity contribution in [2.75, 3.05) is 13.2 Å². The monoisotopic (exact) mass is 311 g/mol. The minimum Gasteiger partial charge on any atom is -0.381 e. The van der Waals surface area contributed by atoms with Crippen LogP contribution in [0.5, 0.6) is 0 Å². The minimum absolute atomic E-state index is 0.0150. The molecule has 1 saturated heterocycles. The molecule has 0 spiro atoms. The Labute approximate surface area is 116 Å². The quantitative estimate of drug-likeness (QED) is 0.932. The first-order valence-electron chi connectivity index (χ1n) is 6.22. The van der Waals surface area contributed by atoms with Crippen LogP contribution in [-0.2, 0) is 4.74 Å². The Morgan fingerprint density at radius 1 is 1.50 bits per heavy atom. The van der Waals surface area contributed by atoms with Gasteiger partial charge in [0.15, 0.2) is 0 Å². The van der Waals surface area contributed by atoms with Crippen LogP contribution in [0.1, 0.15) is 29.3 Å². The van der Waals surface area contributed by atoms with Crippen molar-refractivity contribution in [1.29, 1.82) is 0 Å². The SMILES string of the molecule is Cc1cc(Br)cc(C(=O)NC(C)C2CCOC2)c1. The molecule has 2 unspecified atom stereocenters. The van der Waals surface area contributed by atoms with Gasteiger partial charge in [0.25, 0.3) is 5.91 Å². The van der Waals surface area contributed by atoms with E-state index in [2.05, 4.69) is 21.2 Å². The molecule has 2 rings (SSSR count). The average molecular weight is 312 g/mol. The predicted molar refractivity (Wildman–Crippen MR) is 74.7 cm³/mol. The third kappa shape index (κ3) is 3.33. The number of hydrogen-bond acceptors (Lipinski definition) is 2. The van der Waals surface area contributed by atoms with Gasteiger partial charge in [0.1, 0.15) is 0 Å². The van der Waals surface area contributed by atoms with Crippen molar-refractivity contribution in [3.63, 3.8) is 0 Å². The van der Waals surface area contributed by atoms with Gasteiger partial charge in [-0.2, -0.15) is 0 Å². The normalized spacial score (nSPS) is 20.7. The lowest BCUT2D eigenvalue weighted by atomic mass is 10.0. The van der Waals surface area contributed by atoms with E-state index in [0.29, 0.717) is 11.5 Å². The van der Waals surface area contributed by atoms with Crippen molar-refractivity contribution < 1.29 is 9.53 Å². The van der Waals surface area contributed by atoms with Crippen molar-refractivity contribution in [2.45, 2.75) is 26.3 Å². The number of hydrogen-bond donors (Lipinski definition) is 1. The van der Waals surface area contributed by atoms with Gasteiger partial charge in [-0.3, -0.25) is 4.79 Å². The van der Waals surface area contributed by atoms with Crippen LogP contribution < -0.4 is 5.32 Å². The number of carbonyl (C=O) groups is 1. The lowest BCUT2D eigenvalue weighted by Crippen LogP contribution is -2.38. The summed E-state index contributed by atoms with van der Waals surface area (Å²) in [5.41, 5.74) is 1.78. The molecule has 1 heterocycles. The second kappa shape index (κ2) is 5.85. The zero-order valence-electron chi connectivity index (χ0n) is 10.7. The topological polar surface area (TPSA) is 38.3 Å². The highest BCUT2D eigenvalue weighted by Crippen LogP contribution is 2.18. The molecule has 0 aromatic heterocycles. The maximum atomic E-state index is 12.1. The molecule has 4 heteroatoms. The van der Waals surface area contributed by atoms with E-state index >= 15 is 0 Å². The van der Waals surface area contributed by atoms with E-state index in [4.69, 9.17) is 4.74 Å². The van der Waals surface area contributed by atoms with Crippen LogP contribution in [-0.4, -0.2) is 25.2 Å². The second-order valence-electron chi connectivity index (χ2n) is 4.90. The molecule has 1 amide bonds. The second-order valence-corrected chi connectivity index (χ2v) is 5.82. The molecule has 1 aromatic rings. The summed E-state index contributed by atoms with van der Waals surface area (Å²) in [6.45, 7) is 5.58.